The standard InChI is InChI=1S/C15H12FN3O/c16-12-6-7-13(11(8-12)9-17)19-15(20)14(18)10-4-2-1-3-5-10/h1-8,14H,18H2,(H,19,20)/t14-/m0/s1. The van der Waals surface area contributed by atoms with E-state index in [9.17, 15) is 9.18 Å². The Balaban J connectivity index is 2.19. The van der Waals surface area contributed by atoms with Crippen LogP contribution in [0.1, 0.15) is 17.2 Å². The fourth-order valence-corrected chi connectivity index (χ4v) is 1.74. The number of carbonyl (C=O) groups excluding carboxylic acids is 1. The van der Waals surface area contributed by atoms with Crippen molar-refractivity contribution in [2.24, 2.45) is 5.73 Å². The summed E-state index contributed by atoms with van der Waals surface area (Å²) < 4.78 is 13.0. The smallest absolute Gasteiger partial charge is 0.245 e. The van der Waals surface area contributed by atoms with E-state index in [1.807, 2.05) is 12.1 Å². The van der Waals surface area contributed by atoms with Crippen molar-refractivity contribution in [2.45, 2.75) is 6.04 Å². The largest absolute Gasteiger partial charge is 0.323 e. The van der Waals surface area contributed by atoms with Gasteiger partial charge in [0.1, 0.15) is 17.9 Å². The molecule has 0 aromatic heterocycles. The van der Waals surface area contributed by atoms with Gasteiger partial charge in [0.15, 0.2) is 0 Å². The number of hydrogen-bond acceptors (Lipinski definition) is 3. The Bertz CT molecular complexity index is 665. The first-order chi connectivity index (χ1) is 9.61. The van der Waals surface area contributed by atoms with Crippen molar-refractivity contribution in [1.29, 1.82) is 5.26 Å². The number of nitriles is 1. The van der Waals surface area contributed by atoms with Gasteiger partial charge in [-0.1, -0.05) is 30.3 Å². The number of amides is 1. The Labute approximate surface area is 115 Å². The summed E-state index contributed by atoms with van der Waals surface area (Å²) >= 11 is 0. The van der Waals surface area contributed by atoms with Gasteiger partial charge in [-0.05, 0) is 23.8 Å². The number of benzene rings is 2. The molecule has 4 nitrogen and oxygen atoms in total. The molecular formula is C15H12FN3O. The van der Waals surface area contributed by atoms with E-state index in [4.69, 9.17) is 11.0 Å². The van der Waals surface area contributed by atoms with E-state index in [2.05, 4.69) is 5.32 Å². The van der Waals surface area contributed by atoms with Crippen molar-refractivity contribution in [3.8, 4) is 6.07 Å². The average Bonchev–Trinajstić information content (AvgIpc) is 2.49. The highest BCUT2D eigenvalue weighted by molar-refractivity contribution is 5.96. The quantitative estimate of drug-likeness (QED) is 0.897. The Morgan fingerprint density at radius 3 is 2.60 bits per heavy atom. The SMILES string of the molecule is N#Cc1cc(F)ccc1NC(=O)[C@@H](N)c1ccccc1. The monoisotopic (exact) mass is 269 g/mol. The van der Waals surface area contributed by atoms with E-state index >= 15 is 0 Å². The van der Waals surface area contributed by atoms with Gasteiger partial charge in [-0.2, -0.15) is 5.26 Å². The molecule has 2 aromatic rings. The summed E-state index contributed by atoms with van der Waals surface area (Å²) in [6.45, 7) is 0. The van der Waals surface area contributed by atoms with Crippen LogP contribution in [0.25, 0.3) is 0 Å². The third-order valence-electron chi connectivity index (χ3n) is 2.80. The van der Waals surface area contributed by atoms with Crippen LogP contribution in [0.3, 0.4) is 0 Å². The zero-order chi connectivity index (χ0) is 14.5. The first-order valence-electron chi connectivity index (χ1n) is 5.93. The Morgan fingerprint density at radius 2 is 1.95 bits per heavy atom. The highest BCUT2D eigenvalue weighted by atomic mass is 19.1. The fraction of sp³-hybridized carbons (Fsp3) is 0.0667. The second-order valence-electron chi connectivity index (χ2n) is 4.18. The van der Waals surface area contributed by atoms with Crippen molar-refractivity contribution in [2.75, 3.05) is 5.32 Å². The van der Waals surface area contributed by atoms with E-state index in [0.29, 0.717) is 5.56 Å². The van der Waals surface area contributed by atoms with Crippen molar-refractivity contribution >= 4 is 11.6 Å². The molecule has 0 unspecified atom stereocenters. The van der Waals surface area contributed by atoms with Crippen molar-refractivity contribution in [3.63, 3.8) is 0 Å². The molecular weight excluding hydrogens is 257 g/mol. The zero-order valence-electron chi connectivity index (χ0n) is 10.5. The first-order valence-corrected chi connectivity index (χ1v) is 5.93. The third kappa shape index (κ3) is 2.99. The van der Waals surface area contributed by atoms with Gasteiger partial charge in [-0.3, -0.25) is 4.79 Å². The molecule has 0 aliphatic heterocycles. The maximum atomic E-state index is 13.0. The lowest BCUT2D eigenvalue weighted by Crippen LogP contribution is -2.28. The molecule has 3 N–H and O–H groups in total. The molecule has 0 radical (unpaired) electrons. The lowest BCUT2D eigenvalue weighted by Gasteiger charge is -2.13. The summed E-state index contributed by atoms with van der Waals surface area (Å²) in [7, 11) is 0. The molecule has 1 atom stereocenters. The summed E-state index contributed by atoms with van der Waals surface area (Å²) in [6.07, 6.45) is 0. The Hall–Kier alpha value is -2.71. The molecule has 2 aromatic carbocycles. The van der Waals surface area contributed by atoms with Crippen LogP contribution in [0, 0.1) is 17.1 Å². The molecule has 2 rings (SSSR count). The van der Waals surface area contributed by atoms with Gasteiger partial charge >= 0.3 is 0 Å². The molecule has 1 amide bonds. The van der Waals surface area contributed by atoms with Crippen LogP contribution in [0.5, 0.6) is 0 Å². The van der Waals surface area contributed by atoms with Gasteiger partial charge in [-0.15, -0.1) is 0 Å². The third-order valence-corrected chi connectivity index (χ3v) is 2.80. The highest BCUT2D eigenvalue weighted by Gasteiger charge is 2.17. The molecule has 0 aliphatic rings. The van der Waals surface area contributed by atoms with Gasteiger partial charge in [-0.25, -0.2) is 4.39 Å². The van der Waals surface area contributed by atoms with Crippen LogP contribution in [0.2, 0.25) is 0 Å². The van der Waals surface area contributed by atoms with Gasteiger partial charge in [0.25, 0.3) is 0 Å². The summed E-state index contributed by atoms with van der Waals surface area (Å²) in [6, 6.07) is 13.4. The summed E-state index contributed by atoms with van der Waals surface area (Å²) in [5.74, 6) is -0.994. The second-order valence-corrected chi connectivity index (χ2v) is 4.18. The van der Waals surface area contributed by atoms with E-state index in [1.54, 1.807) is 24.3 Å². The molecule has 0 spiro atoms. The number of nitrogens with one attached hydrogen (secondary N) is 1. The lowest BCUT2D eigenvalue weighted by atomic mass is 10.1. The van der Waals surface area contributed by atoms with Crippen molar-refractivity contribution < 1.29 is 9.18 Å². The van der Waals surface area contributed by atoms with E-state index < -0.39 is 17.8 Å². The molecule has 0 aliphatic carbocycles. The number of nitrogens with two attached hydrogens (primary N) is 1. The Morgan fingerprint density at radius 1 is 1.25 bits per heavy atom. The van der Waals surface area contributed by atoms with Crippen LogP contribution < -0.4 is 11.1 Å². The van der Waals surface area contributed by atoms with Gasteiger partial charge < -0.3 is 11.1 Å². The maximum absolute atomic E-state index is 13.0. The molecule has 0 saturated heterocycles. The highest BCUT2D eigenvalue weighted by Crippen LogP contribution is 2.18. The molecule has 20 heavy (non-hydrogen) atoms. The minimum absolute atomic E-state index is 0.0543. The van der Waals surface area contributed by atoms with Crippen molar-refractivity contribution in [3.05, 3.63) is 65.5 Å². The molecule has 0 heterocycles. The minimum atomic E-state index is -0.854. The summed E-state index contributed by atoms with van der Waals surface area (Å²) in [4.78, 5) is 12.0. The maximum Gasteiger partial charge on any atom is 0.245 e. The van der Waals surface area contributed by atoms with Crippen molar-refractivity contribution in [1.82, 2.24) is 0 Å². The van der Waals surface area contributed by atoms with E-state index in [1.165, 1.54) is 12.1 Å². The molecule has 5 heteroatoms. The molecule has 100 valence electrons. The average molecular weight is 269 g/mol. The molecule has 0 saturated carbocycles. The number of halogens is 1. The van der Waals surface area contributed by atoms with E-state index in [-0.39, 0.29) is 11.3 Å². The van der Waals surface area contributed by atoms with Crippen LogP contribution in [-0.4, -0.2) is 5.91 Å². The van der Waals surface area contributed by atoms with Gasteiger partial charge in [0.2, 0.25) is 5.91 Å². The second kappa shape index (κ2) is 5.95. The topological polar surface area (TPSA) is 78.9 Å². The Kier molecular flexibility index (Phi) is 4.08. The lowest BCUT2D eigenvalue weighted by molar-refractivity contribution is -0.117. The van der Waals surface area contributed by atoms with Crippen LogP contribution in [-0.2, 0) is 4.79 Å². The van der Waals surface area contributed by atoms with Crippen LogP contribution >= 0.6 is 0 Å². The predicted octanol–water partition coefficient (Wildman–Crippen LogP) is 2.34. The number of anilines is 1. The van der Waals surface area contributed by atoms with Crippen LogP contribution in [0.4, 0.5) is 10.1 Å². The van der Waals surface area contributed by atoms with Crippen LogP contribution in [0.15, 0.2) is 48.5 Å². The zero-order valence-corrected chi connectivity index (χ0v) is 10.5. The first kappa shape index (κ1) is 13.7. The minimum Gasteiger partial charge on any atom is -0.323 e. The van der Waals surface area contributed by atoms with Gasteiger partial charge in [0.05, 0.1) is 11.3 Å². The summed E-state index contributed by atoms with van der Waals surface area (Å²) in [5, 5.41) is 11.4. The summed E-state index contributed by atoms with van der Waals surface area (Å²) in [5.41, 5.74) is 6.79. The van der Waals surface area contributed by atoms with Gasteiger partial charge in [0, 0.05) is 0 Å². The molecule has 0 bridgehead atoms. The number of nitrogens with zero attached hydrogens (tertiary/aromatic N) is 1. The van der Waals surface area contributed by atoms with E-state index in [0.717, 1.165) is 6.07 Å². The normalized spacial score (nSPS) is 11.4. The number of carbonyl (C=O) groups is 1. The fourth-order valence-electron chi connectivity index (χ4n) is 1.74. The predicted molar refractivity (Wildman–Crippen MR) is 73.1 cm³/mol. The molecule has 0 fully saturated rings. The number of rotatable bonds is 3. The number of hydrogen-bond donors (Lipinski definition) is 2.